The standard InChI is InChI=1S/C12H9Cl2FOS/c13-8-3-1-2-7(11(8)15)6-10(16)12-9(14)4-5-17-12/h1-5,10,16H,6H2. The molecule has 0 bridgehead atoms. The van der Waals surface area contributed by atoms with Crippen LogP contribution in [0.1, 0.15) is 16.5 Å². The monoisotopic (exact) mass is 290 g/mol. The van der Waals surface area contributed by atoms with Crippen molar-refractivity contribution in [2.45, 2.75) is 12.5 Å². The van der Waals surface area contributed by atoms with Gasteiger partial charge in [-0.05, 0) is 23.1 Å². The first-order valence-electron chi connectivity index (χ1n) is 4.93. The van der Waals surface area contributed by atoms with E-state index < -0.39 is 11.9 Å². The first-order chi connectivity index (χ1) is 8.09. The Morgan fingerprint density at radius 2 is 2.00 bits per heavy atom. The summed E-state index contributed by atoms with van der Waals surface area (Å²) in [5.41, 5.74) is 0.384. The molecule has 0 amide bonds. The summed E-state index contributed by atoms with van der Waals surface area (Å²) >= 11 is 12.9. The van der Waals surface area contributed by atoms with Gasteiger partial charge in [-0.25, -0.2) is 4.39 Å². The molecule has 1 nitrogen and oxygen atoms in total. The van der Waals surface area contributed by atoms with E-state index in [0.717, 1.165) is 0 Å². The lowest BCUT2D eigenvalue weighted by molar-refractivity contribution is 0.181. The van der Waals surface area contributed by atoms with Crippen LogP contribution in [0.3, 0.4) is 0 Å². The Bertz CT molecular complexity index is 527. The molecule has 0 spiro atoms. The number of aliphatic hydroxyl groups excluding tert-OH is 1. The predicted molar refractivity (Wildman–Crippen MR) is 69.4 cm³/mol. The van der Waals surface area contributed by atoms with Crippen molar-refractivity contribution in [2.24, 2.45) is 0 Å². The Kier molecular flexibility index (Phi) is 4.05. The molecule has 0 aliphatic rings. The number of aliphatic hydroxyl groups is 1. The topological polar surface area (TPSA) is 20.2 Å². The summed E-state index contributed by atoms with van der Waals surface area (Å²) in [6, 6.07) is 6.44. The van der Waals surface area contributed by atoms with Crippen molar-refractivity contribution in [1.82, 2.24) is 0 Å². The molecule has 2 rings (SSSR count). The number of rotatable bonds is 3. The summed E-state index contributed by atoms with van der Waals surface area (Å²) in [5, 5.41) is 12.3. The maximum absolute atomic E-state index is 13.6. The largest absolute Gasteiger partial charge is 0.387 e. The van der Waals surface area contributed by atoms with Crippen LogP contribution in [0.25, 0.3) is 0 Å². The maximum atomic E-state index is 13.6. The molecule has 0 aliphatic heterocycles. The summed E-state index contributed by atoms with van der Waals surface area (Å²) in [6.45, 7) is 0. The molecule has 0 fully saturated rings. The molecule has 5 heteroatoms. The van der Waals surface area contributed by atoms with E-state index in [1.807, 2.05) is 0 Å². The second-order valence-electron chi connectivity index (χ2n) is 3.57. The fourth-order valence-corrected chi connectivity index (χ4v) is 2.91. The Morgan fingerprint density at radius 1 is 1.24 bits per heavy atom. The maximum Gasteiger partial charge on any atom is 0.145 e. The summed E-state index contributed by atoms with van der Waals surface area (Å²) in [5.74, 6) is -0.485. The van der Waals surface area contributed by atoms with Crippen molar-refractivity contribution >= 4 is 34.5 Å². The number of halogens is 3. The van der Waals surface area contributed by atoms with Crippen molar-refractivity contribution in [3.8, 4) is 0 Å². The quantitative estimate of drug-likeness (QED) is 0.884. The van der Waals surface area contributed by atoms with Crippen LogP contribution < -0.4 is 0 Å². The van der Waals surface area contributed by atoms with Crippen LogP contribution in [-0.4, -0.2) is 5.11 Å². The lowest BCUT2D eigenvalue weighted by Gasteiger charge is -2.10. The summed E-state index contributed by atoms with van der Waals surface area (Å²) in [7, 11) is 0. The second-order valence-corrected chi connectivity index (χ2v) is 5.33. The van der Waals surface area contributed by atoms with Crippen molar-refractivity contribution in [3.63, 3.8) is 0 Å². The van der Waals surface area contributed by atoms with Crippen molar-refractivity contribution in [3.05, 3.63) is 55.9 Å². The molecule has 0 saturated heterocycles. The van der Waals surface area contributed by atoms with Gasteiger partial charge in [-0.15, -0.1) is 11.3 Å². The zero-order valence-corrected chi connectivity index (χ0v) is 11.0. The Morgan fingerprint density at radius 3 is 2.65 bits per heavy atom. The Hall–Kier alpha value is -0.610. The first kappa shape index (κ1) is 12.8. The molecular formula is C12H9Cl2FOS. The minimum atomic E-state index is -0.810. The fourth-order valence-electron chi connectivity index (χ4n) is 1.55. The minimum absolute atomic E-state index is 0.0620. The molecule has 1 aromatic carbocycles. The van der Waals surface area contributed by atoms with Gasteiger partial charge in [-0.3, -0.25) is 0 Å². The Balaban J connectivity index is 2.22. The van der Waals surface area contributed by atoms with Crippen molar-refractivity contribution in [2.75, 3.05) is 0 Å². The molecule has 1 aromatic heterocycles. The SMILES string of the molecule is OC(Cc1cccc(Cl)c1F)c1sccc1Cl. The molecule has 0 saturated carbocycles. The average molecular weight is 291 g/mol. The van der Waals surface area contributed by atoms with Gasteiger partial charge in [0.2, 0.25) is 0 Å². The highest BCUT2D eigenvalue weighted by Gasteiger charge is 2.16. The molecular weight excluding hydrogens is 282 g/mol. The first-order valence-corrected chi connectivity index (χ1v) is 6.57. The van der Waals surface area contributed by atoms with Gasteiger partial charge in [-0.1, -0.05) is 35.3 Å². The number of thiophene rings is 1. The lowest BCUT2D eigenvalue weighted by atomic mass is 10.1. The minimum Gasteiger partial charge on any atom is -0.387 e. The Labute approximate surface area is 112 Å². The third kappa shape index (κ3) is 2.80. The van der Waals surface area contributed by atoms with Gasteiger partial charge in [0, 0.05) is 6.42 Å². The third-order valence-electron chi connectivity index (χ3n) is 2.39. The van der Waals surface area contributed by atoms with E-state index in [9.17, 15) is 9.50 Å². The van der Waals surface area contributed by atoms with E-state index >= 15 is 0 Å². The number of hydrogen-bond donors (Lipinski definition) is 1. The van der Waals surface area contributed by atoms with E-state index in [2.05, 4.69) is 0 Å². The van der Waals surface area contributed by atoms with Crippen LogP contribution in [0.5, 0.6) is 0 Å². The highest BCUT2D eigenvalue weighted by molar-refractivity contribution is 7.10. The molecule has 90 valence electrons. The molecule has 1 atom stereocenters. The normalized spacial score (nSPS) is 12.7. The van der Waals surface area contributed by atoms with Crippen molar-refractivity contribution < 1.29 is 9.50 Å². The number of hydrogen-bond acceptors (Lipinski definition) is 2. The fraction of sp³-hybridized carbons (Fsp3) is 0.167. The van der Waals surface area contributed by atoms with Crippen LogP contribution in [-0.2, 0) is 6.42 Å². The van der Waals surface area contributed by atoms with Gasteiger partial charge in [0.05, 0.1) is 21.0 Å². The second kappa shape index (κ2) is 5.36. The molecule has 1 heterocycles. The molecule has 17 heavy (non-hydrogen) atoms. The van der Waals surface area contributed by atoms with Gasteiger partial charge in [0.15, 0.2) is 0 Å². The van der Waals surface area contributed by atoms with Gasteiger partial charge >= 0.3 is 0 Å². The summed E-state index contributed by atoms with van der Waals surface area (Å²) in [4.78, 5) is 0.644. The molecule has 1 N–H and O–H groups in total. The van der Waals surface area contributed by atoms with Crippen LogP contribution in [0.4, 0.5) is 4.39 Å². The highest BCUT2D eigenvalue weighted by atomic mass is 35.5. The van der Waals surface area contributed by atoms with E-state index in [4.69, 9.17) is 23.2 Å². The van der Waals surface area contributed by atoms with Crippen LogP contribution in [0.15, 0.2) is 29.6 Å². The van der Waals surface area contributed by atoms with E-state index in [-0.39, 0.29) is 11.4 Å². The molecule has 2 aromatic rings. The van der Waals surface area contributed by atoms with E-state index in [1.54, 1.807) is 23.6 Å². The predicted octanol–water partition coefficient (Wildman–Crippen LogP) is 4.47. The highest BCUT2D eigenvalue weighted by Crippen LogP contribution is 2.31. The average Bonchev–Trinajstić information content (AvgIpc) is 2.71. The molecule has 1 unspecified atom stereocenters. The van der Waals surface area contributed by atoms with Crippen LogP contribution in [0.2, 0.25) is 10.0 Å². The number of benzene rings is 1. The van der Waals surface area contributed by atoms with Crippen LogP contribution in [0, 0.1) is 5.82 Å². The molecule has 0 aliphatic carbocycles. The molecule has 0 radical (unpaired) electrons. The zero-order chi connectivity index (χ0) is 12.4. The van der Waals surface area contributed by atoms with Crippen molar-refractivity contribution in [1.29, 1.82) is 0 Å². The van der Waals surface area contributed by atoms with Gasteiger partial charge in [0.1, 0.15) is 5.82 Å². The third-order valence-corrected chi connectivity index (χ3v) is 4.14. The summed E-state index contributed by atoms with van der Waals surface area (Å²) in [6.07, 6.45) is -0.650. The van der Waals surface area contributed by atoms with Gasteiger partial charge in [0.25, 0.3) is 0 Å². The summed E-state index contributed by atoms with van der Waals surface area (Å²) < 4.78 is 13.6. The lowest BCUT2D eigenvalue weighted by Crippen LogP contribution is -2.02. The van der Waals surface area contributed by atoms with Crippen LogP contribution >= 0.6 is 34.5 Å². The van der Waals surface area contributed by atoms with Gasteiger partial charge < -0.3 is 5.11 Å². The zero-order valence-electron chi connectivity index (χ0n) is 8.66. The van der Waals surface area contributed by atoms with E-state index in [0.29, 0.717) is 15.5 Å². The van der Waals surface area contributed by atoms with Gasteiger partial charge in [-0.2, -0.15) is 0 Å². The smallest absolute Gasteiger partial charge is 0.145 e. The van der Waals surface area contributed by atoms with E-state index in [1.165, 1.54) is 17.4 Å².